The summed E-state index contributed by atoms with van der Waals surface area (Å²) in [7, 11) is 0. The van der Waals surface area contributed by atoms with Gasteiger partial charge in [-0.2, -0.15) is 0 Å². The lowest BCUT2D eigenvalue weighted by Gasteiger charge is -2.20. The second kappa shape index (κ2) is 5.27. The summed E-state index contributed by atoms with van der Waals surface area (Å²) in [5.41, 5.74) is 7.33. The maximum absolute atomic E-state index is 11.9. The molecule has 1 aromatic rings. The van der Waals surface area contributed by atoms with Gasteiger partial charge < -0.3 is 10.6 Å². The van der Waals surface area contributed by atoms with Gasteiger partial charge in [-0.05, 0) is 37.1 Å². The highest BCUT2D eigenvalue weighted by Gasteiger charge is 2.17. The van der Waals surface area contributed by atoms with E-state index in [4.69, 9.17) is 18.0 Å². The van der Waals surface area contributed by atoms with Crippen LogP contribution >= 0.6 is 12.2 Å². The van der Waals surface area contributed by atoms with Gasteiger partial charge in [0.05, 0.1) is 0 Å². The monoisotopic (exact) mass is 248 g/mol. The lowest BCUT2D eigenvalue weighted by Crippen LogP contribution is -2.29. The number of amides is 1. The molecule has 0 spiro atoms. The van der Waals surface area contributed by atoms with Gasteiger partial charge in [-0.25, -0.2) is 0 Å². The molecule has 2 N–H and O–H groups in total. The van der Waals surface area contributed by atoms with Crippen molar-refractivity contribution in [1.29, 1.82) is 0 Å². The third kappa shape index (κ3) is 2.82. The van der Waals surface area contributed by atoms with E-state index in [-0.39, 0.29) is 5.91 Å². The van der Waals surface area contributed by atoms with Gasteiger partial charge in [0, 0.05) is 24.2 Å². The van der Waals surface area contributed by atoms with Crippen molar-refractivity contribution in [3.8, 4) is 0 Å². The third-order valence-electron chi connectivity index (χ3n) is 3.04. The highest BCUT2D eigenvalue weighted by Crippen LogP contribution is 2.20. The molecule has 0 saturated carbocycles. The van der Waals surface area contributed by atoms with Crippen molar-refractivity contribution in [3.63, 3.8) is 0 Å². The van der Waals surface area contributed by atoms with Crippen molar-refractivity contribution >= 4 is 28.8 Å². The van der Waals surface area contributed by atoms with Crippen LogP contribution in [0.5, 0.6) is 0 Å². The summed E-state index contributed by atoms with van der Waals surface area (Å²) in [5, 5.41) is 0. The fraction of sp³-hybridized carbons (Fsp3) is 0.385. The molecule has 0 radical (unpaired) electrons. The molecule has 1 amide bonds. The molecule has 1 saturated heterocycles. The Hall–Kier alpha value is -1.42. The van der Waals surface area contributed by atoms with Crippen molar-refractivity contribution in [1.82, 2.24) is 0 Å². The molecule has 1 aliphatic heterocycles. The van der Waals surface area contributed by atoms with E-state index in [2.05, 4.69) is 0 Å². The van der Waals surface area contributed by atoms with Crippen molar-refractivity contribution in [3.05, 3.63) is 29.8 Å². The maximum Gasteiger partial charge on any atom is 0.226 e. The van der Waals surface area contributed by atoms with Gasteiger partial charge in [0.15, 0.2) is 0 Å². The molecule has 90 valence electrons. The van der Waals surface area contributed by atoms with Gasteiger partial charge in [0.1, 0.15) is 4.99 Å². The van der Waals surface area contributed by atoms with Crippen LogP contribution in [0.4, 0.5) is 5.69 Å². The van der Waals surface area contributed by atoms with E-state index < -0.39 is 0 Å². The SMILES string of the molecule is NC(=S)c1ccc(N2CCCCCC2=O)cc1. The van der Waals surface area contributed by atoms with Crippen molar-refractivity contribution < 1.29 is 4.79 Å². The lowest BCUT2D eigenvalue weighted by molar-refractivity contribution is -0.118. The number of hydrogen-bond acceptors (Lipinski definition) is 2. The highest BCUT2D eigenvalue weighted by molar-refractivity contribution is 7.80. The molecule has 1 fully saturated rings. The summed E-state index contributed by atoms with van der Waals surface area (Å²) >= 11 is 4.90. The quantitative estimate of drug-likeness (QED) is 0.816. The van der Waals surface area contributed by atoms with Gasteiger partial charge in [-0.3, -0.25) is 4.79 Å². The molecule has 0 aliphatic carbocycles. The zero-order valence-electron chi connectivity index (χ0n) is 9.69. The van der Waals surface area contributed by atoms with Crippen LogP contribution in [0.25, 0.3) is 0 Å². The van der Waals surface area contributed by atoms with E-state index in [1.165, 1.54) is 0 Å². The number of anilines is 1. The third-order valence-corrected chi connectivity index (χ3v) is 3.27. The van der Waals surface area contributed by atoms with E-state index >= 15 is 0 Å². The zero-order valence-corrected chi connectivity index (χ0v) is 10.5. The predicted octanol–water partition coefficient (Wildman–Crippen LogP) is 2.23. The average molecular weight is 248 g/mol. The molecule has 3 nitrogen and oxygen atoms in total. The average Bonchev–Trinajstić information content (AvgIpc) is 2.54. The summed E-state index contributed by atoms with van der Waals surface area (Å²) in [6.45, 7) is 0.811. The van der Waals surface area contributed by atoms with Gasteiger partial charge in [-0.15, -0.1) is 0 Å². The predicted molar refractivity (Wildman–Crippen MR) is 73.2 cm³/mol. The van der Waals surface area contributed by atoms with Crippen LogP contribution in [0, 0.1) is 0 Å². The molecule has 17 heavy (non-hydrogen) atoms. The molecular formula is C13H16N2OS. The number of carbonyl (C=O) groups excluding carboxylic acids is 1. The largest absolute Gasteiger partial charge is 0.389 e. The van der Waals surface area contributed by atoms with E-state index in [0.29, 0.717) is 11.4 Å². The maximum atomic E-state index is 11.9. The second-order valence-corrected chi connectivity index (χ2v) is 4.71. The summed E-state index contributed by atoms with van der Waals surface area (Å²) in [4.78, 5) is 14.2. The number of thiocarbonyl (C=S) groups is 1. The summed E-state index contributed by atoms with van der Waals surface area (Å²) < 4.78 is 0. The second-order valence-electron chi connectivity index (χ2n) is 4.27. The molecular weight excluding hydrogens is 232 g/mol. The van der Waals surface area contributed by atoms with Crippen molar-refractivity contribution in [2.45, 2.75) is 25.7 Å². The van der Waals surface area contributed by atoms with Crippen LogP contribution in [-0.2, 0) is 4.79 Å². The molecule has 1 heterocycles. The first-order valence-corrected chi connectivity index (χ1v) is 6.29. The number of benzene rings is 1. The van der Waals surface area contributed by atoms with E-state index in [0.717, 1.165) is 37.1 Å². The van der Waals surface area contributed by atoms with E-state index in [9.17, 15) is 4.79 Å². The minimum atomic E-state index is 0.213. The van der Waals surface area contributed by atoms with Gasteiger partial charge in [-0.1, -0.05) is 18.6 Å². The van der Waals surface area contributed by atoms with Crippen LogP contribution in [0.1, 0.15) is 31.2 Å². The molecule has 4 heteroatoms. The van der Waals surface area contributed by atoms with Gasteiger partial charge >= 0.3 is 0 Å². The number of nitrogens with zero attached hydrogens (tertiary/aromatic N) is 1. The Morgan fingerprint density at radius 1 is 1.18 bits per heavy atom. The molecule has 2 rings (SSSR count). The first-order valence-electron chi connectivity index (χ1n) is 5.89. The summed E-state index contributed by atoms with van der Waals surface area (Å²) in [5.74, 6) is 0.213. The Balaban J connectivity index is 2.20. The fourth-order valence-electron chi connectivity index (χ4n) is 2.06. The van der Waals surface area contributed by atoms with E-state index in [1.807, 2.05) is 29.2 Å². The van der Waals surface area contributed by atoms with E-state index in [1.54, 1.807) is 0 Å². The minimum absolute atomic E-state index is 0.213. The van der Waals surface area contributed by atoms with Crippen LogP contribution in [-0.4, -0.2) is 17.4 Å². The molecule has 1 aliphatic rings. The normalized spacial score (nSPS) is 16.7. The smallest absolute Gasteiger partial charge is 0.226 e. The Morgan fingerprint density at radius 3 is 2.53 bits per heavy atom. The van der Waals surface area contributed by atoms with Crippen LogP contribution in [0.15, 0.2) is 24.3 Å². The van der Waals surface area contributed by atoms with Crippen LogP contribution in [0.2, 0.25) is 0 Å². The Kier molecular flexibility index (Phi) is 3.74. The number of rotatable bonds is 2. The first kappa shape index (κ1) is 12.0. The molecule has 0 bridgehead atoms. The minimum Gasteiger partial charge on any atom is -0.389 e. The summed E-state index contributed by atoms with van der Waals surface area (Å²) in [6, 6.07) is 7.57. The van der Waals surface area contributed by atoms with Crippen LogP contribution < -0.4 is 10.6 Å². The topological polar surface area (TPSA) is 46.3 Å². The Morgan fingerprint density at radius 2 is 1.88 bits per heavy atom. The Bertz CT molecular complexity index is 428. The standard InChI is InChI=1S/C13H16N2OS/c14-13(17)10-5-7-11(8-6-10)15-9-3-1-2-4-12(15)16/h5-8H,1-4,9H2,(H2,14,17). The van der Waals surface area contributed by atoms with Crippen molar-refractivity contribution in [2.24, 2.45) is 5.73 Å². The number of nitrogens with two attached hydrogens (primary N) is 1. The first-order chi connectivity index (χ1) is 8.18. The Labute approximate surface area is 107 Å². The molecule has 0 atom stereocenters. The van der Waals surface area contributed by atoms with Crippen molar-refractivity contribution in [2.75, 3.05) is 11.4 Å². The van der Waals surface area contributed by atoms with Gasteiger partial charge in [0.2, 0.25) is 5.91 Å². The zero-order chi connectivity index (χ0) is 12.3. The fourth-order valence-corrected chi connectivity index (χ4v) is 2.20. The molecule has 0 aromatic heterocycles. The lowest BCUT2D eigenvalue weighted by atomic mass is 10.2. The van der Waals surface area contributed by atoms with Gasteiger partial charge in [0.25, 0.3) is 0 Å². The molecule has 0 unspecified atom stereocenters. The number of hydrogen-bond donors (Lipinski definition) is 1. The number of carbonyl (C=O) groups is 1. The summed E-state index contributed by atoms with van der Waals surface area (Å²) in [6.07, 6.45) is 3.85. The van der Waals surface area contributed by atoms with Crippen LogP contribution in [0.3, 0.4) is 0 Å². The highest BCUT2D eigenvalue weighted by atomic mass is 32.1. The molecule has 1 aromatic carbocycles.